The number of aromatic hydroxyl groups is 5. The maximum atomic E-state index is 12.7. The van der Waals surface area contributed by atoms with E-state index in [0.717, 1.165) is 85.4 Å². The summed E-state index contributed by atoms with van der Waals surface area (Å²) in [7, 11) is 0. The summed E-state index contributed by atoms with van der Waals surface area (Å²) in [6, 6.07) is 25.4. The molecule has 0 atom stereocenters. The molecule has 6 heteroatoms. The van der Waals surface area contributed by atoms with Crippen LogP contribution < -0.4 is 4.74 Å². The molecule has 1 aliphatic carbocycles. The summed E-state index contributed by atoms with van der Waals surface area (Å²) in [5.41, 5.74) is 13.7. The van der Waals surface area contributed by atoms with Gasteiger partial charge in [0.2, 0.25) is 0 Å². The Kier molecular flexibility index (Phi) is 15.8. The highest BCUT2D eigenvalue weighted by molar-refractivity contribution is 5.60. The second-order valence-electron chi connectivity index (χ2n) is 28.6. The average Bonchev–Trinajstić information content (AvgIpc) is 3.28. The first kappa shape index (κ1) is 57.8. The number of unbranched alkanes of at least 4 members (excludes halogenated alkanes) is 1. The van der Waals surface area contributed by atoms with Gasteiger partial charge in [-0.25, -0.2) is 0 Å². The topological polar surface area (TPSA) is 110 Å². The number of hydrogen-bond acceptors (Lipinski definition) is 6. The lowest BCUT2D eigenvalue weighted by Gasteiger charge is -2.27. The van der Waals surface area contributed by atoms with Gasteiger partial charge in [0.25, 0.3) is 0 Å². The molecule has 12 bridgehead atoms. The Morgan fingerprint density at radius 2 is 0.447 bits per heavy atom. The molecular formula is C70H92O6. The molecule has 6 nitrogen and oxygen atoms in total. The minimum absolute atomic E-state index is 0.128. The summed E-state index contributed by atoms with van der Waals surface area (Å²) in [4.78, 5) is 0. The fourth-order valence-corrected chi connectivity index (χ4v) is 10.5. The standard InChI is InChI=1S/C70H92O6/c1-20-21-22-76-64-51-27-49-37-56(68(11,12)13)35-47(62(49)74)25-45-33-54(66(5,6)7)31-43(60(45)72)23-41-29-53(65(2,3)4)30-42(59(41)71)24-44-32-55(67(8,9)10)34-46(61(44)73)26-48-36-57(69(14,15)16)38-50(63(48)75)28-52(64)40-58(39-51)70(17,18)19/h29-40,71-75H,20-28H2,1-19H3. The molecule has 0 radical (unpaired) electrons. The van der Waals surface area contributed by atoms with Crippen molar-refractivity contribution >= 4 is 0 Å². The Morgan fingerprint density at radius 3 is 0.605 bits per heavy atom. The molecule has 0 heterocycles. The minimum Gasteiger partial charge on any atom is -0.507 e. The highest BCUT2D eigenvalue weighted by Gasteiger charge is 2.30. The molecule has 1 aliphatic rings. The van der Waals surface area contributed by atoms with Crippen molar-refractivity contribution in [1.29, 1.82) is 0 Å². The molecule has 0 aromatic heterocycles. The Bertz CT molecular complexity index is 2950. The van der Waals surface area contributed by atoms with Gasteiger partial charge in [-0.3, -0.25) is 0 Å². The van der Waals surface area contributed by atoms with Gasteiger partial charge in [0.05, 0.1) is 6.61 Å². The fourth-order valence-electron chi connectivity index (χ4n) is 10.5. The van der Waals surface area contributed by atoms with Crippen molar-refractivity contribution < 1.29 is 30.3 Å². The third kappa shape index (κ3) is 12.8. The lowest BCUT2D eigenvalue weighted by atomic mass is 9.79. The van der Waals surface area contributed by atoms with Gasteiger partial charge in [-0.1, -0.05) is 211 Å². The Morgan fingerprint density at radius 1 is 0.289 bits per heavy atom. The summed E-state index contributed by atoms with van der Waals surface area (Å²) in [5, 5.41) is 63.2. The molecule has 0 unspecified atom stereocenters. The second-order valence-corrected chi connectivity index (χ2v) is 28.6. The van der Waals surface area contributed by atoms with Gasteiger partial charge in [-0.2, -0.15) is 0 Å². The minimum atomic E-state index is -0.293. The van der Waals surface area contributed by atoms with Crippen LogP contribution >= 0.6 is 0 Å². The molecule has 408 valence electrons. The quantitative estimate of drug-likeness (QED) is 0.112. The first-order valence-corrected chi connectivity index (χ1v) is 28.0. The maximum Gasteiger partial charge on any atom is 0.126 e. The Balaban J connectivity index is 1.61. The van der Waals surface area contributed by atoms with E-state index in [1.807, 2.05) is 0 Å². The Hall–Kier alpha value is -5.88. The van der Waals surface area contributed by atoms with Crippen LogP contribution in [0.2, 0.25) is 0 Å². The lowest BCUT2D eigenvalue weighted by molar-refractivity contribution is 0.303. The van der Waals surface area contributed by atoms with Gasteiger partial charge in [-0.05, 0) is 139 Å². The first-order chi connectivity index (χ1) is 34.9. The normalized spacial score (nSPS) is 14.1. The molecule has 6 aromatic rings. The van der Waals surface area contributed by atoms with Crippen LogP contribution in [0.3, 0.4) is 0 Å². The highest BCUT2D eigenvalue weighted by Crippen LogP contribution is 2.45. The summed E-state index contributed by atoms with van der Waals surface area (Å²) in [5.74, 6) is 1.55. The number of benzene rings is 6. The average molecular weight is 1030 g/mol. The molecule has 0 saturated carbocycles. The van der Waals surface area contributed by atoms with Crippen LogP contribution in [0.4, 0.5) is 0 Å². The van der Waals surface area contributed by atoms with E-state index in [2.05, 4.69) is 204 Å². The number of phenols is 5. The van der Waals surface area contributed by atoms with Crippen molar-refractivity contribution in [2.45, 2.75) is 215 Å². The van der Waals surface area contributed by atoms with E-state index in [1.165, 1.54) is 0 Å². The van der Waals surface area contributed by atoms with Crippen LogP contribution in [0.25, 0.3) is 0 Å². The third-order valence-corrected chi connectivity index (χ3v) is 15.8. The van der Waals surface area contributed by atoms with E-state index in [4.69, 9.17) is 4.74 Å². The van der Waals surface area contributed by atoms with E-state index in [0.29, 0.717) is 52.8 Å². The van der Waals surface area contributed by atoms with E-state index in [9.17, 15) is 25.5 Å². The van der Waals surface area contributed by atoms with Gasteiger partial charge in [0.1, 0.15) is 34.5 Å². The summed E-state index contributed by atoms with van der Waals surface area (Å²) >= 11 is 0. The number of rotatable bonds is 4. The third-order valence-electron chi connectivity index (χ3n) is 15.8. The van der Waals surface area contributed by atoms with Gasteiger partial charge in [0.15, 0.2) is 0 Å². The Labute approximate surface area is 457 Å². The SMILES string of the molecule is CCCCOc1c2cc(C(C)(C)C)cc1Cc1cc(C(C)(C)C)cc(c1O)Cc1cc(C(C)(C)C)cc(c1O)Cc1cc(C(C)(C)C)cc(c1O)Cc1cc(C(C)(C)C)cc(c1O)Cc1cc(C(C)(C)C)cc(c1O)C2. The van der Waals surface area contributed by atoms with Crippen molar-refractivity contribution in [2.24, 2.45) is 0 Å². The van der Waals surface area contributed by atoms with Crippen molar-refractivity contribution in [1.82, 2.24) is 0 Å². The summed E-state index contributed by atoms with van der Waals surface area (Å²) in [6.07, 6.45) is 3.65. The molecule has 5 N–H and O–H groups in total. The zero-order valence-corrected chi connectivity index (χ0v) is 49.9. The monoisotopic (exact) mass is 1030 g/mol. The van der Waals surface area contributed by atoms with Crippen molar-refractivity contribution in [3.05, 3.63) is 173 Å². The highest BCUT2D eigenvalue weighted by atomic mass is 16.5. The van der Waals surface area contributed by atoms with Crippen LogP contribution in [0.5, 0.6) is 34.5 Å². The number of ether oxygens (including phenoxy) is 1. The molecule has 0 saturated heterocycles. The molecule has 0 fully saturated rings. The summed E-state index contributed by atoms with van der Waals surface area (Å²) in [6.45, 7) is 42.0. The smallest absolute Gasteiger partial charge is 0.126 e. The molecule has 7 rings (SSSR count). The molecule has 0 amide bonds. The van der Waals surface area contributed by atoms with E-state index in [1.54, 1.807) is 0 Å². The number of hydrogen-bond donors (Lipinski definition) is 5. The van der Waals surface area contributed by atoms with Crippen LogP contribution in [0.1, 0.15) is 245 Å². The van der Waals surface area contributed by atoms with Gasteiger partial charge < -0.3 is 30.3 Å². The predicted octanol–water partition coefficient (Wildman–Crippen LogP) is 17.0. The van der Waals surface area contributed by atoms with Gasteiger partial charge >= 0.3 is 0 Å². The first-order valence-electron chi connectivity index (χ1n) is 28.0. The van der Waals surface area contributed by atoms with Gasteiger partial charge in [-0.15, -0.1) is 0 Å². The van der Waals surface area contributed by atoms with Crippen LogP contribution in [-0.2, 0) is 71.0 Å². The van der Waals surface area contributed by atoms with Crippen molar-refractivity contribution in [3.63, 3.8) is 0 Å². The van der Waals surface area contributed by atoms with Crippen molar-refractivity contribution in [2.75, 3.05) is 6.61 Å². The molecule has 0 spiro atoms. The molecule has 6 aromatic carbocycles. The van der Waals surface area contributed by atoms with E-state index in [-0.39, 0.29) is 86.9 Å². The van der Waals surface area contributed by atoms with Crippen molar-refractivity contribution in [3.8, 4) is 34.5 Å². The van der Waals surface area contributed by atoms with Crippen LogP contribution in [0, 0.1) is 0 Å². The van der Waals surface area contributed by atoms with E-state index >= 15 is 0 Å². The zero-order valence-electron chi connectivity index (χ0n) is 49.9. The maximum absolute atomic E-state index is 12.7. The van der Waals surface area contributed by atoms with Gasteiger partial charge in [0, 0.05) is 38.5 Å². The second kappa shape index (κ2) is 20.8. The molecule has 0 aliphatic heterocycles. The van der Waals surface area contributed by atoms with Crippen LogP contribution in [-0.4, -0.2) is 32.1 Å². The fraction of sp³-hybridized carbons (Fsp3) is 0.486. The molecular weight excluding hydrogens is 937 g/mol. The molecule has 76 heavy (non-hydrogen) atoms. The number of fused-ring (bicyclic) bond motifs is 12. The lowest BCUT2D eigenvalue weighted by Crippen LogP contribution is -2.16. The van der Waals surface area contributed by atoms with E-state index < -0.39 is 0 Å². The number of phenolic OH excluding ortho intramolecular Hbond substituents is 5. The van der Waals surface area contributed by atoms with Crippen LogP contribution in [0.15, 0.2) is 72.8 Å². The summed E-state index contributed by atoms with van der Waals surface area (Å²) < 4.78 is 6.94. The zero-order chi connectivity index (χ0) is 56.4. The predicted molar refractivity (Wildman–Crippen MR) is 316 cm³/mol. The largest absolute Gasteiger partial charge is 0.507 e.